The number of hydrogen-bond acceptors (Lipinski definition) is 1. The fourth-order valence-corrected chi connectivity index (χ4v) is 1.92. The van der Waals surface area contributed by atoms with Gasteiger partial charge in [-0.2, -0.15) is 0 Å². The number of nitrogens with zero attached hydrogens (tertiary/aromatic N) is 1. The van der Waals surface area contributed by atoms with Crippen LogP contribution in [0.15, 0.2) is 29.3 Å². The Morgan fingerprint density at radius 2 is 2.20 bits per heavy atom. The fraction of sp³-hybridized carbons (Fsp3) is 0.462. The van der Waals surface area contributed by atoms with Crippen molar-refractivity contribution in [2.45, 2.75) is 26.2 Å². The second-order valence-corrected chi connectivity index (χ2v) is 4.52. The molecule has 0 saturated carbocycles. The van der Waals surface area contributed by atoms with Gasteiger partial charge in [0.2, 0.25) is 0 Å². The molecule has 2 rings (SSSR count). The predicted molar refractivity (Wildman–Crippen MR) is 64.2 cm³/mol. The molecular formula is C13H18N2. The first kappa shape index (κ1) is 10.2. The van der Waals surface area contributed by atoms with Crippen LogP contribution in [0.25, 0.3) is 0 Å². The topological polar surface area (TPSA) is 38.4 Å². The normalized spacial score (nSPS) is 19.9. The minimum Gasteiger partial charge on any atom is -0.387 e. The van der Waals surface area contributed by atoms with Gasteiger partial charge < -0.3 is 5.73 Å². The Labute approximate surface area is 91.2 Å². The minimum absolute atomic E-state index is 0.361. The second-order valence-electron chi connectivity index (χ2n) is 4.52. The standard InChI is InChI=1S/C13H18N2/c1-9(2)13(14)15-8-11-7-10-5-3-4-6-12(10)11/h3-6,9,11H,7-8H2,1-2H3,(H2,14,15). The quantitative estimate of drug-likeness (QED) is 0.593. The zero-order valence-electron chi connectivity index (χ0n) is 9.40. The van der Waals surface area contributed by atoms with Gasteiger partial charge in [0.1, 0.15) is 0 Å². The molecule has 0 aliphatic heterocycles. The first-order valence-corrected chi connectivity index (χ1v) is 5.56. The van der Waals surface area contributed by atoms with Crippen LogP contribution in [0.3, 0.4) is 0 Å². The molecule has 0 fully saturated rings. The molecule has 0 saturated heterocycles. The molecule has 2 heteroatoms. The minimum atomic E-state index is 0.361. The SMILES string of the molecule is CC(C)C(N)=NCC1Cc2ccccc21. The molecule has 2 nitrogen and oxygen atoms in total. The van der Waals surface area contributed by atoms with Crippen molar-refractivity contribution in [1.29, 1.82) is 0 Å². The van der Waals surface area contributed by atoms with Gasteiger partial charge in [-0.15, -0.1) is 0 Å². The monoisotopic (exact) mass is 202 g/mol. The lowest BCUT2D eigenvalue weighted by atomic mass is 9.78. The van der Waals surface area contributed by atoms with E-state index in [1.807, 2.05) is 0 Å². The Kier molecular flexibility index (Phi) is 2.76. The summed E-state index contributed by atoms with van der Waals surface area (Å²) in [4.78, 5) is 4.44. The molecule has 80 valence electrons. The van der Waals surface area contributed by atoms with Crippen LogP contribution in [-0.2, 0) is 6.42 Å². The van der Waals surface area contributed by atoms with Gasteiger partial charge in [0, 0.05) is 18.4 Å². The van der Waals surface area contributed by atoms with Crippen molar-refractivity contribution in [2.24, 2.45) is 16.6 Å². The highest BCUT2D eigenvalue weighted by Gasteiger charge is 2.24. The molecule has 0 radical (unpaired) electrons. The van der Waals surface area contributed by atoms with Crippen LogP contribution >= 0.6 is 0 Å². The smallest absolute Gasteiger partial charge is 0.0963 e. The summed E-state index contributed by atoms with van der Waals surface area (Å²) in [7, 11) is 0. The Morgan fingerprint density at radius 3 is 2.87 bits per heavy atom. The van der Waals surface area contributed by atoms with Crippen molar-refractivity contribution >= 4 is 5.84 Å². The molecule has 2 N–H and O–H groups in total. The summed E-state index contributed by atoms with van der Waals surface area (Å²) < 4.78 is 0. The summed E-state index contributed by atoms with van der Waals surface area (Å²) in [6.45, 7) is 5.00. The van der Waals surface area contributed by atoms with Crippen LogP contribution in [0, 0.1) is 5.92 Å². The van der Waals surface area contributed by atoms with Crippen molar-refractivity contribution in [3.63, 3.8) is 0 Å². The van der Waals surface area contributed by atoms with Crippen molar-refractivity contribution in [3.8, 4) is 0 Å². The maximum Gasteiger partial charge on any atom is 0.0963 e. The summed E-state index contributed by atoms with van der Waals surface area (Å²) in [5.41, 5.74) is 8.74. The van der Waals surface area contributed by atoms with Crippen molar-refractivity contribution in [3.05, 3.63) is 35.4 Å². The van der Waals surface area contributed by atoms with Crippen LogP contribution in [0.2, 0.25) is 0 Å². The second kappa shape index (κ2) is 4.05. The molecule has 0 heterocycles. The zero-order valence-corrected chi connectivity index (χ0v) is 9.40. The van der Waals surface area contributed by atoms with Crippen LogP contribution in [-0.4, -0.2) is 12.4 Å². The van der Waals surface area contributed by atoms with Crippen LogP contribution in [0.4, 0.5) is 0 Å². The summed E-state index contributed by atoms with van der Waals surface area (Å²) in [5, 5.41) is 0. The summed E-state index contributed by atoms with van der Waals surface area (Å²) >= 11 is 0. The summed E-state index contributed by atoms with van der Waals surface area (Å²) in [6.07, 6.45) is 1.16. The van der Waals surface area contributed by atoms with Crippen molar-refractivity contribution in [1.82, 2.24) is 0 Å². The van der Waals surface area contributed by atoms with Gasteiger partial charge in [0.15, 0.2) is 0 Å². The Bertz CT molecular complexity index is 380. The molecular weight excluding hydrogens is 184 g/mol. The van der Waals surface area contributed by atoms with Crippen LogP contribution in [0.1, 0.15) is 30.9 Å². The molecule has 1 atom stereocenters. The number of rotatable bonds is 3. The van der Waals surface area contributed by atoms with E-state index < -0.39 is 0 Å². The lowest BCUT2D eigenvalue weighted by Crippen LogP contribution is -2.24. The van der Waals surface area contributed by atoms with E-state index in [0.29, 0.717) is 11.8 Å². The van der Waals surface area contributed by atoms with Gasteiger partial charge in [-0.1, -0.05) is 38.1 Å². The molecule has 1 unspecified atom stereocenters. The van der Waals surface area contributed by atoms with Gasteiger partial charge in [-0.05, 0) is 17.5 Å². The fourth-order valence-electron chi connectivity index (χ4n) is 1.92. The van der Waals surface area contributed by atoms with Crippen molar-refractivity contribution < 1.29 is 0 Å². The number of benzene rings is 1. The lowest BCUT2D eigenvalue weighted by Gasteiger charge is -2.28. The molecule has 15 heavy (non-hydrogen) atoms. The molecule has 1 aliphatic carbocycles. The maximum atomic E-state index is 5.81. The van der Waals surface area contributed by atoms with Gasteiger partial charge in [0.25, 0.3) is 0 Å². The number of aliphatic imine (C=N–C) groups is 1. The van der Waals surface area contributed by atoms with E-state index in [-0.39, 0.29) is 0 Å². The zero-order chi connectivity index (χ0) is 10.8. The number of nitrogens with two attached hydrogens (primary N) is 1. The molecule has 0 amide bonds. The predicted octanol–water partition coefficient (Wildman–Crippen LogP) is 2.34. The van der Waals surface area contributed by atoms with E-state index in [2.05, 4.69) is 43.1 Å². The van der Waals surface area contributed by atoms with Gasteiger partial charge in [0.05, 0.1) is 5.84 Å². The molecule has 1 aromatic rings. The van der Waals surface area contributed by atoms with E-state index in [9.17, 15) is 0 Å². The van der Waals surface area contributed by atoms with E-state index in [1.165, 1.54) is 11.1 Å². The largest absolute Gasteiger partial charge is 0.387 e. The highest BCUT2D eigenvalue weighted by Crippen LogP contribution is 2.34. The molecule has 0 spiro atoms. The first-order valence-electron chi connectivity index (χ1n) is 5.56. The number of fused-ring (bicyclic) bond motifs is 1. The van der Waals surface area contributed by atoms with Crippen LogP contribution in [0.5, 0.6) is 0 Å². The van der Waals surface area contributed by atoms with E-state index in [0.717, 1.165) is 18.8 Å². The molecule has 0 aromatic heterocycles. The van der Waals surface area contributed by atoms with E-state index >= 15 is 0 Å². The van der Waals surface area contributed by atoms with Crippen LogP contribution < -0.4 is 5.73 Å². The van der Waals surface area contributed by atoms with Crippen molar-refractivity contribution in [2.75, 3.05) is 6.54 Å². The highest BCUT2D eigenvalue weighted by molar-refractivity contribution is 5.82. The highest BCUT2D eigenvalue weighted by atomic mass is 14.9. The van der Waals surface area contributed by atoms with Gasteiger partial charge in [-0.25, -0.2) is 0 Å². The van der Waals surface area contributed by atoms with Gasteiger partial charge in [-0.3, -0.25) is 4.99 Å². The van der Waals surface area contributed by atoms with E-state index in [1.54, 1.807) is 0 Å². The summed E-state index contributed by atoms with van der Waals surface area (Å²) in [5.74, 6) is 1.73. The molecule has 1 aliphatic rings. The van der Waals surface area contributed by atoms with E-state index in [4.69, 9.17) is 5.73 Å². The Balaban J connectivity index is 1.98. The Hall–Kier alpha value is -1.31. The number of hydrogen-bond donors (Lipinski definition) is 1. The Morgan fingerprint density at radius 1 is 1.47 bits per heavy atom. The lowest BCUT2D eigenvalue weighted by molar-refractivity contribution is 0.616. The summed E-state index contributed by atoms with van der Waals surface area (Å²) in [6, 6.07) is 8.59. The average molecular weight is 202 g/mol. The van der Waals surface area contributed by atoms with Gasteiger partial charge >= 0.3 is 0 Å². The third-order valence-corrected chi connectivity index (χ3v) is 3.05. The number of amidine groups is 1. The first-order chi connectivity index (χ1) is 7.18. The molecule has 0 bridgehead atoms. The average Bonchev–Trinajstić information content (AvgIpc) is 2.19. The third kappa shape index (κ3) is 2.04. The molecule has 1 aromatic carbocycles. The maximum absolute atomic E-state index is 5.81. The third-order valence-electron chi connectivity index (χ3n) is 3.05.